The molecule has 1 heterocycles. The summed E-state index contributed by atoms with van der Waals surface area (Å²) in [6, 6.07) is 11.3. The summed E-state index contributed by atoms with van der Waals surface area (Å²) in [5.74, 6) is -0.518. The van der Waals surface area contributed by atoms with Crippen molar-refractivity contribution in [1.82, 2.24) is 0 Å². The largest absolute Gasteiger partial charge is 0.279 e. The third-order valence-corrected chi connectivity index (χ3v) is 5.70. The van der Waals surface area contributed by atoms with Gasteiger partial charge in [0.15, 0.2) is 0 Å². The molecule has 2 aromatic rings. The summed E-state index contributed by atoms with van der Waals surface area (Å²) in [5, 5.41) is 0. The fourth-order valence-electron chi connectivity index (χ4n) is 2.87. The number of amides is 2. The molecule has 0 aromatic heterocycles. The number of benzene rings is 2. The zero-order chi connectivity index (χ0) is 18.9. The summed E-state index contributed by atoms with van der Waals surface area (Å²) in [6.07, 6.45) is 1.19. The van der Waals surface area contributed by atoms with Crippen molar-refractivity contribution in [3.8, 4) is 0 Å². The Bertz CT molecular complexity index is 950. The third kappa shape index (κ3) is 3.62. The molecule has 1 aliphatic rings. The number of hydrogen-bond donors (Lipinski definition) is 1. The van der Waals surface area contributed by atoms with Crippen molar-refractivity contribution in [2.45, 2.75) is 38.0 Å². The van der Waals surface area contributed by atoms with Crippen molar-refractivity contribution < 1.29 is 18.0 Å². The van der Waals surface area contributed by atoms with E-state index in [2.05, 4.69) is 4.72 Å². The van der Waals surface area contributed by atoms with E-state index in [-0.39, 0.29) is 16.7 Å². The van der Waals surface area contributed by atoms with E-state index >= 15 is 0 Å². The number of anilines is 2. The molecule has 7 heteroatoms. The van der Waals surface area contributed by atoms with Gasteiger partial charge in [0.2, 0.25) is 11.8 Å². The molecule has 1 N–H and O–H groups in total. The minimum absolute atomic E-state index is 0.0686. The van der Waals surface area contributed by atoms with Gasteiger partial charge in [0.25, 0.3) is 10.0 Å². The molecule has 6 nitrogen and oxygen atoms in total. The Balaban J connectivity index is 1.86. The molecule has 26 heavy (non-hydrogen) atoms. The predicted molar refractivity (Wildman–Crippen MR) is 99.5 cm³/mol. The summed E-state index contributed by atoms with van der Waals surface area (Å²) < 4.78 is 27.8. The zero-order valence-corrected chi connectivity index (χ0v) is 15.5. The molecule has 0 atom stereocenters. The summed E-state index contributed by atoms with van der Waals surface area (Å²) >= 11 is 0. The second kappa shape index (κ2) is 6.92. The van der Waals surface area contributed by atoms with Crippen LogP contribution in [-0.4, -0.2) is 20.2 Å². The van der Waals surface area contributed by atoms with Crippen LogP contribution < -0.4 is 9.62 Å². The van der Waals surface area contributed by atoms with Gasteiger partial charge in [-0.1, -0.05) is 12.1 Å². The smallest absolute Gasteiger partial charge is 0.261 e. The van der Waals surface area contributed by atoms with Crippen molar-refractivity contribution in [3.63, 3.8) is 0 Å². The molecule has 0 saturated carbocycles. The molecule has 0 spiro atoms. The summed E-state index contributed by atoms with van der Waals surface area (Å²) in [5.41, 5.74) is 2.69. The second-order valence-corrected chi connectivity index (χ2v) is 8.08. The monoisotopic (exact) mass is 372 g/mol. The maximum Gasteiger partial charge on any atom is 0.261 e. The number of piperidine rings is 1. The highest BCUT2D eigenvalue weighted by Gasteiger charge is 2.27. The van der Waals surface area contributed by atoms with Crippen LogP contribution in [0, 0.1) is 13.8 Å². The van der Waals surface area contributed by atoms with Gasteiger partial charge in [0.05, 0.1) is 16.3 Å². The molecule has 1 aliphatic heterocycles. The number of rotatable bonds is 4. The lowest BCUT2D eigenvalue weighted by atomic mass is 10.1. The number of sulfonamides is 1. The molecule has 0 radical (unpaired) electrons. The fourth-order valence-corrected chi connectivity index (χ4v) is 3.99. The third-order valence-electron chi connectivity index (χ3n) is 4.32. The van der Waals surface area contributed by atoms with Gasteiger partial charge in [-0.05, 0) is 61.7 Å². The van der Waals surface area contributed by atoms with E-state index in [0.29, 0.717) is 30.6 Å². The maximum atomic E-state index is 12.6. The minimum Gasteiger partial charge on any atom is -0.279 e. The molecule has 3 rings (SSSR count). The number of carbonyl (C=O) groups excluding carboxylic acids is 2. The highest BCUT2D eigenvalue weighted by Crippen LogP contribution is 2.25. The first-order valence-electron chi connectivity index (χ1n) is 8.34. The van der Waals surface area contributed by atoms with Crippen molar-refractivity contribution >= 4 is 33.2 Å². The van der Waals surface area contributed by atoms with E-state index < -0.39 is 10.0 Å². The molecule has 0 aliphatic carbocycles. The van der Waals surface area contributed by atoms with Gasteiger partial charge in [-0.3, -0.25) is 19.2 Å². The van der Waals surface area contributed by atoms with E-state index in [1.165, 1.54) is 24.3 Å². The van der Waals surface area contributed by atoms with Crippen LogP contribution in [0.3, 0.4) is 0 Å². The number of aryl methyl sites for hydroxylation is 2. The van der Waals surface area contributed by atoms with Crippen LogP contribution in [0.1, 0.15) is 30.4 Å². The van der Waals surface area contributed by atoms with Crippen molar-refractivity contribution in [2.24, 2.45) is 0 Å². The number of carbonyl (C=O) groups is 2. The Morgan fingerprint density at radius 1 is 0.923 bits per heavy atom. The molecule has 2 aromatic carbocycles. The number of nitrogens with one attached hydrogen (secondary N) is 1. The highest BCUT2D eigenvalue weighted by atomic mass is 32.2. The SMILES string of the molecule is Cc1ccc(C)c(NS(=O)(=O)c2ccc(N3C(=O)CCCC3=O)cc2)c1. The molecule has 1 fully saturated rings. The minimum atomic E-state index is -3.77. The van der Waals surface area contributed by atoms with Gasteiger partial charge in [-0.2, -0.15) is 0 Å². The maximum absolute atomic E-state index is 12.6. The van der Waals surface area contributed by atoms with Gasteiger partial charge < -0.3 is 0 Å². The first-order valence-corrected chi connectivity index (χ1v) is 9.82. The van der Waals surface area contributed by atoms with E-state index in [1.54, 1.807) is 6.07 Å². The summed E-state index contributed by atoms with van der Waals surface area (Å²) in [4.78, 5) is 25.1. The number of hydrogen-bond acceptors (Lipinski definition) is 4. The first-order chi connectivity index (χ1) is 12.3. The Morgan fingerprint density at radius 2 is 1.54 bits per heavy atom. The zero-order valence-electron chi connectivity index (χ0n) is 14.7. The molecule has 1 saturated heterocycles. The average Bonchev–Trinajstić information content (AvgIpc) is 2.58. The van der Waals surface area contributed by atoms with Crippen LogP contribution >= 0.6 is 0 Å². The van der Waals surface area contributed by atoms with Gasteiger partial charge in [-0.15, -0.1) is 0 Å². The molecule has 0 unspecified atom stereocenters. The Labute approximate surface area is 152 Å². The lowest BCUT2D eigenvalue weighted by molar-refractivity contribution is -0.129. The number of imide groups is 1. The molecule has 136 valence electrons. The quantitative estimate of drug-likeness (QED) is 0.836. The Kier molecular flexibility index (Phi) is 4.82. The number of nitrogens with zero attached hydrogens (tertiary/aromatic N) is 1. The van der Waals surface area contributed by atoms with Gasteiger partial charge in [0.1, 0.15) is 0 Å². The van der Waals surface area contributed by atoms with Crippen LogP contribution in [0.2, 0.25) is 0 Å². The highest BCUT2D eigenvalue weighted by molar-refractivity contribution is 7.92. The summed E-state index contributed by atoms with van der Waals surface area (Å²) in [6.45, 7) is 3.71. The topological polar surface area (TPSA) is 83.6 Å². The molecule has 0 bridgehead atoms. The van der Waals surface area contributed by atoms with Crippen LogP contribution in [-0.2, 0) is 19.6 Å². The molecule has 2 amide bonds. The van der Waals surface area contributed by atoms with E-state index in [1.807, 2.05) is 26.0 Å². The normalized spacial score (nSPS) is 15.2. The van der Waals surface area contributed by atoms with Crippen LogP contribution in [0.25, 0.3) is 0 Å². The van der Waals surface area contributed by atoms with Gasteiger partial charge in [-0.25, -0.2) is 8.42 Å². The van der Waals surface area contributed by atoms with Crippen LogP contribution in [0.4, 0.5) is 11.4 Å². The van der Waals surface area contributed by atoms with Crippen LogP contribution in [0.5, 0.6) is 0 Å². The second-order valence-electron chi connectivity index (χ2n) is 6.39. The van der Waals surface area contributed by atoms with Crippen molar-refractivity contribution in [1.29, 1.82) is 0 Å². The Hall–Kier alpha value is -2.67. The van der Waals surface area contributed by atoms with Crippen molar-refractivity contribution in [3.05, 3.63) is 53.6 Å². The van der Waals surface area contributed by atoms with E-state index in [4.69, 9.17) is 0 Å². The lowest BCUT2D eigenvalue weighted by Gasteiger charge is -2.25. The molecular formula is C19H20N2O4S. The lowest BCUT2D eigenvalue weighted by Crippen LogP contribution is -2.40. The predicted octanol–water partition coefficient (Wildman–Crippen LogP) is 3.15. The van der Waals surface area contributed by atoms with Crippen LogP contribution in [0.15, 0.2) is 47.4 Å². The van der Waals surface area contributed by atoms with Gasteiger partial charge in [0, 0.05) is 12.8 Å². The van der Waals surface area contributed by atoms with Crippen molar-refractivity contribution in [2.75, 3.05) is 9.62 Å². The Morgan fingerprint density at radius 3 is 2.15 bits per heavy atom. The first kappa shape index (κ1) is 18.1. The van der Waals surface area contributed by atoms with Gasteiger partial charge >= 0.3 is 0 Å². The fraction of sp³-hybridized carbons (Fsp3) is 0.263. The van der Waals surface area contributed by atoms with E-state index in [9.17, 15) is 18.0 Å². The average molecular weight is 372 g/mol. The summed E-state index contributed by atoms with van der Waals surface area (Å²) in [7, 11) is -3.77. The molecular weight excluding hydrogens is 352 g/mol. The standard InChI is InChI=1S/C19H20N2O4S/c1-13-6-7-14(2)17(12-13)20-26(24,25)16-10-8-15(9-11-16)21-18(22)4-3-5-19(21)23/h6-12,20H,3-5H2,1-2H3. The van der Waals surface area contributed by atoms with E-state index in [0.717, 1.165) is 16.0 Å².